The third-order valence-corrected chi connectivity index (χ3v) is 3.90. The SMILES string of the molecule is CCCNCc1snnc1-c1c(C)cc(C)cc1C. The Hall–Kier alpha value is -1.26. The van der Waals surface area contributed by atoms with Crippen molar-refractivity contribution in [1.82, 2.24) is 14.9 Å². The van der Waals surface area contributed by atoms with Gasteiger partial charge in [-0.15, -0.1) is 5.10 Å². The summed E-state index contributed by atoms with van der Waals surface area (Å²) in [6.45, 7) is 10.5. The number of nitrogens with one attached hydrogen (secondary N) is 1. The summed E-state index contributed by atoms with van der Waals surface area (Å²) in [4.78, 5) is 1.23. The molecule has 102 valence electrons. The van der Waals surface area contributed by atoms with E-state index in [-0.39, 0.29) is 0 Å². The molecule has 0 saturated carbocycles. The molecule has 1 aromatic heterocycles. The van der Waals surface area contributed by atoms with E-state index in [4.69, 9.17) is 0 Å². The second-order valence-electron chi connectivity index (χ2n) is 5.00. The monoisotopic (exact) mass is 275 g/mol. The first-order chi connectivity index (χ1) is 9.13. The van der Waals surface area contributed by atoms with Crippen molar-refractivity contribution in [3.05, 3.63) is 33.7 Å². The number of hydrogen-bond acceptors (Lipinski definition) is 4. The number of aryl methyl sites for hydroxylation is 3. The highest BCUT2D eigenvalue weighted by atomic mass is 32.1. The molecular formula is C15H21N3S. The molecule has 1 N–H and O–H groups in total. The van der Waals surface area contributed by atoms with Crippen LogP contribution in [0.2, 0.25) is 0 Å². The highest BCUT2D eigenvalue weighted by molar-refractivity contribution is 7.05. The molecule has 0 amide bonds. The Morgan fingerprint density at radius 1 is 1.16 bits per heavy atom. The van der Waals surface area contributed by atoms with Crippen molar-refractivity contribution in [3.8, 4) is 11.3 Å². The van der Waals surface area contributed by atoms with E-state index >= 15 is 0 Å². The average Bonchev–Trinajstić information content (AvgIpc) is 2.76. The zero-order valence-electron chi connectivity index (χ0n) is 12.1. The summed E-state index contributed by atoms with van der Waals surface area (Å²) in [6.07, 6.45) is 1.14. The first-order valence-corrected chi connectivity index (χ1v) is 7.51. The van der Waals surface area contributed by atoms with Crippen LogP contribution in [0.4, 0.5) is 0 Å². The zero-order valence-corrected chi connectivity index (χ0v) is 12.9. The van der Waals surface area contributed by atoms with Crippen molar-refractivity contribution in [3.63, 3.8) is 0 Å². The number of aromatic nitrogens is 2. The van der Waals surface area contributed by atoms with Crippen LogP contribution in [0.5, 0.6) is 0 Å². The Bertz CT molecular complexity index is 537. The lowest BCUT2D eigenvalue weighted by atomic mass is 9.97. The fourth-order valence-corrected chi connectivity index (χ4v) is 3.06. The number of hydrogen-bond donors (Lipinski definition) is 1. The molecule has 1 heterocycles. The standard InChI is InChI=1S/C15H21N3S/c1-5-6-16-9-13-15(17-18-19-13)14-11(3)7-10(2)8-12(14)4/h7-8,16H,5-6,9H2,1-4H3. The van der Waals surface area contributed by atoms with Gasteiger partial charge >= 0.3 is 0 Å². The van der Waals surface area contributed by atoms with E-state index in [2.05, 4.69) is 54.7 Å². The summed E-state index contributed by atoms with van der Waals surface area (Å²) in [6, 6.07) is 4.43. The molecule has 4 heteroatoms. The molecule has 0 fully saturated rings. The van der Waals surface area contributed by atoms with Crippen LogP contribution < -0.4 is 5.32 Å². The molecule has 0 saturated heterocycles. The van der Waals surface area contributed by atoms with Crippen LogP contribution in [0.25, 0.3) is 11.3 Å². The Kier molecular flexibility index (Phi) is 4.66. The molecule has 2 rings (SSSR count). The lowest BCUT2D eigenvalue weighted by Gasteiger charge is -2.10. The molecule has 0 radical (unpaired) electrons. The largest absolute Gasteiger partial charge is 0.312 e. The molecule has 0 atom stereocenters. The summed E-state index contributed by atoms with van der Waals surface area (Å²) in [5.41, 5.74) is 6.15. The molecule has 19 heavy (non-hydrogen) atoms. The second-order valence-corrected chi connectivity index (χ2v) is 5.83. The van der Waals surface area contributed by atoms with E-state index in [0.29, 0.717) is 0 Å². The van der Waals surface area contributed by atoms with Gasteiger partial charge in [0.05, 0.1) is 4.88 Å². The fourth-order valence-electron chi connectivity index (χ4n) is 2.45. The molecule has 0 spiro atoms. The Balaban J connectivity index is 2.35. The molecule has 1 aromatic carbocycles. The fraction of sp³-hybridized carbons (Fsp3) is 0.467. The summed E-state index contributed by atoms with van der Waals surface area (Å²) in [5, 5.41) is 7.77. The van der Waals surface area contributed by atoms with Gasteiger partial charge in [0.25, 0.3) is 0 Å². The third-order valence-electron chi connectivity index (χ3n) is 3.18. The third kappa shape index (κ3) is 3.19. The van der Waals surface area contributed by atoms with Gasteiger partial charge in [0.2, 0.25) is 0 Å². The Labute approximate surface area is 119 Å². The van der Waals surface area contributed by atoms with Gasteiger partial charge in [0, 0.05) is 12.1 Å². The molecule has 0 aliphatic heterocycles. The summed E-state index contributed by atoms with van der Waals surface area (Å²) >= 11 is 1.49. The van der Waals surface area contributed by atoms with Gasteiger partial charge < -0.3 is 5.32 Å². The molecule has 2 aromatic rings. The second kappa shape index (κ2) is 6.26. The smallest absolute Gasteiger partial charge is 0.110 e. The van der Waals surface area contributed by atoms with Crippen molar-refractivity contribution >= 4 is 11.5 Å². The van der Waals surface area contributed by atoms with Crippen LogP contribution in [-0.2, 0) is 6.54 Å². The van der Waals surface area contributed by atoms with Crippen molar-refractivity contribution in [2.75, 3.05) is 6.54 Å². The van der Waals surface area contributed by atoms with Crippen LogP contribution in [-0.4, -0.2) is 16.1 Å². The van der Waals surface area contributed by atoms with Crippen LogP contribution >= 0.6 is 11.5 Å². The molecule has 0 aliphatic rings. The van der Waals surface area contributed by atoms with Gasteiger partial charge in [0.15, 0.2) is 0 Å². The maximum atomic E-state index is 4.35. The molecule has 0 bridgehead atoms. The van der Waals surface area contributed by atoms with Gasteiger partial charge in [-0.25, -0.2) is 0 Å². The van der Waals surface area contributed by atoms with Gasteiger partial charge in [-0.2, -0.15) is 0 Å². The topological polar surface area (TPSA) is 37.8 Å². The van der Waals surface area contributed by atoms with E-state index in [9.17, 15) is 0 Å². The van der Waals surface area contributed by atoms with Gasteiger partial charge in [-0.3, -0.25) is 0 Å². The van der Waals surface area contributed by atoms with E-state index in [1.165, 1.54) is 38.7 Å². The predicted octanol–water partition coefficient (Wildman–Crippen LogP) is 3.63. The van der Waals surface area contributed by atoms with Gasteiger partial charge in [-0.1, -0.05) is 29.1 Å². The summed E-state index contributed by atoms with van der Waals surface area (Å²) in [7, 11) is 0. The highest BCUT2D eigenvalue weighted by Crippen LogP contribution is 2.30. The quantitative estimate of drug-likeness (QED) is 0.847. The van der Waals surface area contributed by atoms with Gasteiger partial charge in [0.1, 0.15) is 5.69 Å². The predicted molar refractivity (Wildman–Crippen MR) is 81.6 cm³/mol. The van der Waals surface area contributed by atoms with E-state index in [1.54, 1.807) is 0 Å². The van der Waals surface area contributed by atoms with E-state index < -0.39 is 0 Å². The summed E-state index contributed by atoms with van der Waals surface area (Å²) < 4.78 is 4.13. The first kappa shape index (κ1) is 14.2. The van der Waals surface area contributed by atoms with Crippen molar-refractivity contribution in [2.45, 2.75) is 40.7 Å². The van der Waals surface area contributed by atoms with Crippen LogP contribution in [0.15, 0.2) is 12.1 Å². The first-order valence-electron chi connectivity index (χ1n) is 6.73. The number of benzene rings is 1. The Morgan fingerprint density at radius 3 is 2.47 bits per heavy atom. The summed E-state index contributed by atoms with van der Waals surface area (Å²) in [5.74, 6) is 0. The maximum Gasteiger partial charge on any atom is 0.110 e. The van der Waals surface area contributed by atoms with Crippen molar-refractivity contribution in [1.29, 1.82) is 0 Å². The van der Waals surface area contributed by atoms with Crippen molar-refractivity contribution < 1.29 is 0 Å². The van der Waals surface area contributed by atoms with E-state index in [1.807, 2.05) is 0 Å². The van der Waals surface area contributed by atoms with Gasteiger partial charge in [-0.05, 0) is 56.4 Å². The lowest BCUT2D eigenvalue weighted by Crippen LogP contribution is -2.13. The van der Waals surface area contributed by atoms with Crippen LogP contribution in [0.1, 0.15) is 34.9 Å². The molecule has 3 nitrogen and oxygen atoms in total. The zero-order chi connectivity index (χ0) is 13.8. The lowest BCUT2D eigenvalue weighted by molar-refractivity contribution is 0.681. The minimum Gasteiger partial charge on any atom is -0.312 e. The number of nitrogens with zero attached hydrogens (tertiary/aromatic N) is 2. The van der Waals surface area contributed by atoms with Crippen molar-refractivity contribution in [2.24, 2.45) is 0 Å². The highest BCUT2D eigenvalue weighted by Gasteiger charge is 2.14. The average molecular weight is 275 g/mol. The number of rotatable bonds is 5. The molecule has 0 aliphatic carbocycles. The molecule has 0 unspecified atom stereocenters. The maximum absolute atomic E-state index is 4.35. The van der Waals surface area contributed by atoms with Crippen LogP contribution in [0, 0.1) is 20.8 Å². The Morgan fingerprint density at radius 2 is 1.84 bits per heavy atom. The minimum atomic E-state index is 0.855. The minimum absolute atomic E-state index is 0.855. The van der Waals surface area contributed by atoms with E-state index in [0.717, 1.165) is 25.2 Å². The normalized spacial score (nSPS) is 10.9. The van der Waals surface area contributed by atoms with Crippen LogP contribution in [0.3, 0.4) is 0 Å². The molecular weight excluding hydrogens is 254 g/mol.